The van der Waals surface area contributed by atoms with Gasteiger partial charge in [-0.3, -0.25) is 4.79 Å². The minimum Gasteiger partial charge on any atom is -0.493 e. The molecule has 0 saturated carbocycles. The first-order valence-corrected chi connectivity index (χ1v) is 10.4. The number of amides is 1. The molecule has 1 heterocycles. The summed E-state index contributed by atoms with van der Waals surface area (Å²) in [4.78, 5) is 20.6. The number of hydrogen-bond acceptors (Lipinski definition) is 7. The Hall–Kier alpha value is -2.14. The molecule has 0 saturated heterocycles. The molecule has 7 nitrogen and oxygen atoms in total. The molecule has 28 heavy (non-hydrogen) atoms. The summed E-state index contributed by atoms with van der Waals surface area (Å²) in [6, 6.07) is 5.56. The zero-order valence-electron chi connectivity index (χ0n) is 15.9. The van der Waals surface area contributed by atoms with E-state index in [1.807, 2.05) is 26.0 Å². The monoisotopic (exact) mass is 512 g/mol. The van der Waals surface area contributed by atoms with Gasteiger partial charge in [0.2, 0.25) is 0 Å². The van der Waals surface area contributed by atoms with Gasteiger partial charge in [-0.2, -0.15) is 5.10 Å². The molecule has 1 amide bonds. The van der Waals surface area contributed by atoms with Crippen molar-refractivity contribution in [1.82, 2.24) is 15.4 Å². The summed E-state index contributed by atoms with van der Waals surface area (Å²) >= 11 is 3.43. The first-order valence-electron chi connectivity index (χ1n) is 8.31. The highest BCUT2D eigenvalue weighted by Gasteiger charge is 2.11. The number of carbonyl (C=O) groups excluding carboxylic acids is 1. The number of rotatable bonds is 9. The van der Waals surface area contributed by atoms with Crippen molar-refractivity contribution in [3.8, 4) is 11.5 Å². The number of benzene rings is 1. The van der Waals surface area contributed by atoms with Crippen LogP contribution in [0.25, 0.3) is 0 Å². The highest BCUT2D eigenvalue weighted by atomic mass is 127. The highest BCUT2D eigenvalue weighted by Crippen LogP contribution is 2.33. The normalized spacial score (nSPS) is 10.7. The maximum absolute atomic E-state index is 12.0. The molecule has 0 aliphatic heterocycles. The lowest BCUT2D eigenvalue weighted by Crippen LogP contribution is -2.19. The standard InChI is InChI=1S/C19H21IN4O3S/c1-5-6-27-18-15(20)8-14(9-16(18)26-4)10-21-24-17(25)11-28-19-22-12(2)7-13(3)23-19/h5,7-10H,1,6,11H2,2-4H3,(H,24,25)/b21-10+. The third-order valence-electron chi connectivity index (χ3n) is 3.29. The second-order valence-electron chi connectivity index (χ2n) is 5.65. The van der Waals surface area contributed by atoms with E-state index in [2.05, 4.69) is 49.7 Å². The van der Waals surface area contributed by atoms with Crippen LogP contribution in [0.4, 0.5) is 0 Å². The third kappa shape index (κ3) is 6.79. The number of carbonyl (C=O) groups is 1. The molecule has 0 unspecified atom stereocenters. The van der Waals surface area contributed by atoms with Crippen LogP contribution in [-0.2, 0) is 4.79 Å². The smallest absolute Gasteiger partial charge is 0.250 e. The van der Waals surface area contributed by atoms with E-state index in [-0.39, 0.29) is 11.7 Å². The summed E-state index contributed by atoms with van der Waals surface area (Å²) in [5, 5.41) is 4.58. The van der Waals surface area contributed by atoms with Crippen molar-refractivity contribution in [3.63, 3.8) is 0 Å². The number of hydrazone groups is 1. The SMILES string of the molecule is C=CCOc1c(I)cc(/C=N/NC(=O)CSc2nc(C)cc(C)n2)cc1OC. The van der Waals surface area contributed by atoms with Gasteiger partial charge < -0.3 is 9.47 Å². The highest BCUT2D eigenvalue weighted by molar-refractivity contribution is 14.1. The van der Waals surface area contributed by atoms with Crippen LogP contribution in [0.1, 0.15) is 17.0 Å². The number of halogens is 1. The molecule has 1 aromatic carbocycles. The van der Waals surface area contributed by atoms with Crippen LogP contribution in [0.3, 0.4) is 0 Å². The van der Waals surface area contributed by atoms with Crippen LogP contribution in [0.2, 0.25) is 0 Å². The van der Waals surface area contributed by atoms with E-state index in [9.17, 15) is 4.79 Å². The van der Waals surface area contributed by atoms with Crippen molar-refractivity contribution in [2.75, 3.05) is 19.5 Å². The molecule has 2 aromatic rings. The molecule has 0 radical (unpaired) electrons. The van der Waals surface area contributed by atoms with Gasteiger partial charge >= 0.3 is 0 Å². The zero-order valence-corrected chi connectivity index (χ0v) is 18.8. The lowest BCUT2D eigenvalue weighted by atomic mass is 10.2. The predicted octanol–water partition coefficient (Wildman–Crippen LogP) is 3.51. The first kappa shape index (κ1) is 22.2. The topological polar surface area (TPSA) is 85.7 Å². The third-order valence-corrected chi connectivity index (χ3v) is 4.94. The van der Waals surface area contributed by atoms with Crippen molar-refractivity contribution in [3.05, 3.63) is 51.4 Å². The van der Waals surface area contributed by atoms with Crippen molar-refractivity contribution in [1.29, 1.82) is 0 Å². The van der Waals surface area contributed by atoms with Crippen LogP contribution in [0.5, 0.6) is 11.5 Å². The van der Waals surface area contributed by atoms with Gasteiger partial charge in [0.1, 0.15) is 6.61 Å². The molecule has 1 aromatic heterocycles. The number of nitrogens with zero attached hydrogens (tertiary/aromatic N) is 3. The summed E-state index contributed by atoms with van der Waals surface area (Å²) < 4.78 is 11.9. The molecule has 0 fully saturated rings. The summed E-state index contributed by atoms with van der Waals surface area (Å²) in [6.07, 6.45) is 3.22. The molecule has 0 bridgehead atoms. The molecule has 0 atom stereocenters. The molecule has 0 spiro atoms. The number of nitrogens with one attached hydrogen (secondary N) is 1. The Balaban J connectivity index is 1.95. The number of hydrogen-bond donors (Lipinski definition) is 1. The fourth-order valence-corrected chi connectivity index (χ4v) is 3.72. The van der Waals surface area contributed by atoms with E-state index in [1.54, 1.807) is 25.5 Å². The van der Waals surface area contributed by atoms with E-state index in [1.165, 1.54) is 11.8 Å². The summed E-state index contributed by atoms with van der Waals surface area (Å²) in [7, 11) is 1.57. The fraction of sp³-hybridized carbons (Fsp3) is 0.263. The maximum Gasteiger partial charge on any atom is 0.250 e. The van der Waals surface area contributed by atoms with Gasteiger partial charge in [-0.15, -0.1) is 0 Å². The average molecular weight is 512 g/mol. The molecule has 2 rings (SSSR count). The number of aryl methyl sites for hydroxylation is 2. The van der Waals surface area contributed by atoms with Gasteiger partial charge in [0.05, 0.1) is 22.6 Å². The van der Waals surface area contributed by atoms with E-state index in [0.717, 1.165) is 20.5 Å². The minimum atomic E-state index is -0.239. The minimum absolute atomic E-state index is 0.176. The Morgan fingerprint density at radius 1 is 1.32 bits per heavy atom. The first-order chi connectivity index (χ1) is 13.4. The van der Waals surface area contributed by atoms with Gasteiger partial charge in [0, 0.05) is 11.4 Å². The Labute approximate surface area is 182 Å². The van der Waals surface area contributed by atoms with Crippen LogP contribution >= 0.6 is 34.4 Å². The second kappa shape index (κ2) is 11.0. The van der Waals surface area contributed by atoms with Crippen LogP contribution in [0.15, 0.2) is 41.1 Å². The van der Waals surface area contributed by atoms with Crippen LogP contribution in [-0.4, -0.2) is 41.6 Å². The average Bonchev–Trinajstić information content (AvgIpc) is 2.64. The molecular formula is C19H21IN4O3S. The zero-order chi connectivity index (χ0) is 20.5. The quantitative estimate of drug-likeness (QED) is 0.138. The van der Waals surface area contributed by atoms with Crippen molar-refractivity contribution >= 4 is 46.5 Å². The number of thioether (sulfide) groups is 1. The second-order valence-corrected chi connectivity index (χ2v) is 7.75. The predicted molar refractivity (Wildman–Crippen MR) is 119 cm³/mol. The maximum atomic E-state index is 12.0. The van der Waals surface area contributed by atoms with Gasteiger partial charge in [0.15, 0.2) is 16.7 Å². The Kier molecular flexibility index (Phi) is 8.71. The molecular weight excluding hydrogens is 491 g/mol. The van der Waals surface area contributed by atoms with Crippen molar-refractivity contribution < 1.29 is 14.3 Å². The van der Waals surface area contributed by atoms with Gasteiger partial charge in [-0.1, -0.05) is 24.4 Å². The van der Waals surface area contributed by atoms with Gasteiger partial charge in [-0.05, 0) is 60.2 Å². The summed E-state index contributed by atoms with van der Waals surface area (Å²) in [5.41, 5.74) is 5.02. The number of aromatic nitrogens is 2. The molecule has 0 aliphatic rings. The molecule has 0 aliphatic carbocycles. The van der Waals surface area contributed by atoms with E-state index < -0.39 is 0 Å². The van der Waals surface area contributed by atoms with Gasteiger partial charge in [0.25, 0.3) is 5.91 Å². The Morgan fingerprint density at radius 2 is 2.04 bits per heavy atom. The van der Waals surface area contributed by atoms with Gasteiger partial charge in [-0.25, -0.2) is 15.4 Å². The Morgan fingerprint density at radius 3 is 2.68 bits per heavy atom. The van der Waals surface area contributed by atoms with Crippen LogP contribution < -0.4 is 14.9 Å². The molecule has 9 heteroatoms. The largest absolute Gasteiger partial charge is 0.493 e. The number of methoxy groups -OCH3 is 1. The van der Waals surface area contributed by atoms with E-state index in [4.69, 9.17) is 9.47 Å². The van der Waals surface area contributed by atoms with Crippen molar-refractivity contribution in [2.24, 2.45) is 5.10 Å². The Bertz CT molecular complexity index is 869. The molecule has 148 valence electrons. The van der Waals surface area contributed by atoms with E-state index >= 15 is 0 Å². The molecule has 1 N–H and O–H groups in total. The lowest BCUT2D eigenvalue weighted by Gasteiger charge is -2.12. The van der Waals surface area contributed by atoms with Crippen molar-refractivity contribution in [2.45, 2.75) is 19.0 Å². The van der Waals surface area contributed by atoms with E-state index in [0.29, 0.717) is 23.3 Å². The number of ether oxygens (including phenoxy) is 2. The fourth-order valence-electron chi connectivity index (χ4n) is 2.20. The summed E-state index contributed by atoms with van der Waals surface area (Å²) in [6.45, 7) is 7.82. The summed E-state index contributed by atoms with van der Waals surface area (Å²) in [5.74, 6) is 1.17. The lowest BCUT2D eigenvalue weighted by molar-refractivity contribution is -0.118. The van der Waals surface area contributed by atoms with Crippen LogP contribution in [0, 0.1) is 17.4 Å².